The first-order valence-electron chi connectivity index (χ1n) is 14.6. The highest BCUT2D eigenvalue weighted by Crippen LogP contribution is 2.33. The van der Waals surface area contributed by atoms with E-state index in [-0.39, 0.29) is 11.8 Å². The van der Waals surface area contributed by atoms with Gasteiger partial charge in [0.2, 0.25) is 11.9 Å². The van der Waals surface area contributed by atoms with Crippen LogP contribution >= 0.6 is 0 Å². The van der Waals surface area contributed by atoms with E-state index in [1.165, 1.54) is 19.3 Å². The number of fused-ring (bicyclic) bond motifs is 2. The van der Waals surface area contributed by atoms with E-state index in [2.05, 4.69) is 19.8 Å². The second-order valence-corrected chi connectivity index (χ2v) is 10.8. The number of hydrogen-bond acceptors (Lipinski definition) is 7. The van der Waals surface area contributed by atoms with E-state index in [9.17, 15) is 4.79 Å². The summed E-state index contributed by atoms with van der Waals surface area (Å²) in [5.41, 5.74) is 3.62. The standard InChI is InChI=1S/C29H39N9O/c1-3-36(4-2)28(39)20-11-10-16-37(18-20)29-34-26(30-17-24-32-22-14-8-9-15-23(22)33-24)25-27(35-29)38(19-31-25)21-12-6-5-7-13-21/h8-9,14-15,19-21H,3-7,10-13,16-18H2,1-2H3,(H,32,33)(H,30,34,35). The van der Waals surface area contributed by atoms with Crippen molar-refractivity contribution in [3.05, 3.63) is 36.4 Å². The summed E-state index contributed by atoms with van der Waals surface area (Å²) in [5.74, 6) is 2.43. The molecule has 206 valence electrons. The first-order chi connectivity index (χ1) is 19.1. The van der Waals surface area contributed by atoms with E-state index in [4.69, 9.17) is 19.9 Å². The van der Waals surface area contributed by atoms with Crippen LogP contribution in [0.25, 0.3) is 22.2 Å². The average molecular weight is 530 g/mol. The highest BCUT2D eigenvalue weighted by atomic mass is 16.2. The molecule has 1 unspecified atom stereocenters. The molecular formula is C29H39N9O. The third-order valence-electron chi connectivity index (χ3n) is 8.37. The predicted molar refractivity (Wildman–Crippen MR) is 154 cm³/mol. The number of hydrogen-bond donors (Lipinski definition) is 2. The molecule has 4 aromatic rings. The fraction of sp³-hybridized carbons (Fsp3) is 0.552. The van der Waals surface area contributed by atoms with Crippen LogP contribution < -0.4 is 10.2 Å². The van der Waals surface area contributed by atoms with Gasteiger partial charge in [-0.2, -0.15) is 9.97 Å². The predicted octanol–water partition coefficient (Wildman–Crippen LogP) is 4.90. The molecule has 4 heterocycles. The Morgan fingerprint density at radius 3 is 2.67 bits per heavy atom. The largest absolute Gasteiger partial charge is 0.361 e. The van der Waals surface area contributed by atoms with Crippen LogP contribution in [-0.4, -0.2) is 66.5 Å². The van der Waals surface area contributed by atoms with Crippen LogP contribution in [-0.2, 0) is 11.3 Å². The summed E-state index contributed by atoms with van der Waals surface area (Å²) in [4.78, 5) is 40.3. The molecule has 39 heavy (non-hydrogen) atoms. The van der Waals surface area contributed by atoms with Crippen LogP contribution in [0, 0.1) is 5.92 Å². The molecule has 2 N–H and O–H groups in total. The van der Waals surface area contributed by atoms with E-state index in [0.29, 0.717) is 30.9 Å². The van der Waals surface area contributed by atoms with Gasteiger partial charge >= 0.3 is 0 Å². The number of para-hydroxylation sites is 2. The number of amides is 1. The quantitative estimate of drug-likeness (QED) is 0.334. The third kappa shape index (κ3) is 5.16. The summed E-state index contributed by atoms with van der Waals surface area (Å²) in [7, 11) is 0. The number of anilines is 2. The summed E-state index contributed by atoms with van der Waals surface area (Å²) in [6.07, 6.45) is 9.86. The second-order valence-electron chi connectivity index (χ2n) is 10.8. The summed E-state index contributed by atoms with van der Waals surface area (Å²) in [6, 6.07) is 8.45. The number of nitrogens with one attached hydrogen (secondary N) is 2. The minimum Gasteiger partial charge on any atom is -0.361 e. The fourth-order valence-electron chi connectivity index (χ4n) is 6.21. The Labute approximate surface area is 229 Å². The van der Waals surface area contributed by atoms with E-state index in [1.807, 2.05) is 49.3 Å². The fourth-order valence-corrected chi connectivity index (χ4v) is 6.21. The molecule has 0 spiro atoms. The topological polar surface area (TPSA) is 108 Å². The van der Waals surface area contributed by atoms with Gasteiger partial charge in [-0.05, 0) is 51.7 Å². The number of carbonyl (C=O) groups excluding carboxylic acids is 1. The minimum absolute atomic E-state index is 0.0341. The van der Waals surface area contributed by atoms with Crippen molar-refractivity contribution in [3.8, 4) is 0 Å². The molecule has 3 aromatic heterocycles. The molecule has 1 saturated heterocycles. The highest BCUT2D eigenvalue weighted by molar-refractivity contribution is 5.85. The number of aromatic amines is 1. The van der Waals surface area contributed by atoms with Gasteiger partial charge in [0, 0.05) is 32.2 Å². The molecule has 0 bridgehead atoms. The van der Waals surface area contributed by atoms with Gasteiger partial charge in [-0.3, -0.25) is 4.79 Å². The van der Waals surface area contributed by atoms with E-state index in [0.717, 1.165) is 73.3 Å². The molecule has 1 atom stereocenters. The van der Waals surface area contributed by atoms with Crippen LogP contribution in [0.5, 0.6) is 0 Å². The van der Waals surface area contributed by atoms with Gasteiger partial charge in [-0.25, -0.2) is 9.97 Å². The third-order valence-corrected chi connectivity index (χ3v) is 8.37. The van der Waals surface area contributed by atoms with Gasteiger partial charge in [0.25, 0.3) is 0 Å². The van der Waals surface area contributed by atoms with Gasteiger partial charge in [-0.15, -0.1) is 0 Å². The molecule has 2 fully saturated rings. The number of carbonyl (C=O) groups is 1. The number of nitrogens with zero attached hydrogens (tertiary/aromatic N) is 7. The lowest BCUT2D eigenvalue weighted by Gasteiger charge is -2.34. The number of benzene rings is 1. The summed E-state index contributed by atoms with van der Waals surface area (Å²) in [6.45, 7) is 7.56. The molecule has 1 aromatic carbocycles. The van der Waals surface area contributed by atoms with Crippen LogP contribution in [0.3, 0.4) is 0 Å². The van der Waals surface area contributed by atoms with Crippen LogP contribution in [0.2, 0.25) is 0 Å². The molecule has 1 aliphatic heterocycles. The lowest BCUT2D eigenvalue weighted by Crippen LogP contribution is -2.45. The SMILES string of the molecule is CCN(CC)C(=O)C1CCCN(c2nc(NCc3nc4ccccc4[nH]3)c3ncn(C4CCCCC4)c3n2)C1. The van der Waals surface area contributed by atoms with Gasteiger partial charge in [0.15, 0.2) is 17.0 Å². The Bertz CT molecular complexity index is 1400. The molecule has 1 saturated carbocycles. The van der Waals surface area contributed by atoms with E-state index in [1.54, 1.807) is 0 Å². The minimum atomic E-state index is -0.0341. The van der Waals surface area contributed by atoms with Gasteiger partial charge in [-0.1, -0.05) is 31.4 Å². The number of imidazole rings is 2. The van der Waals surface area contributed by atoms with Crippen molar-refractivity contribution in [2.24, 2.45) is 5.92 Å². The normalized spacial score (nSPS) is 18.6. The molecule has 0 radical (unpaired) electrons. The Morgan fingerprint density at radius 1 is 1.05 bits per heavy atom. The van der Waals surface area contributed by atoms with E-state index < -0.39 is 0 Å². The molecule has 1 aliphatic carbocycles. The van der Waals surface area contributed by atoms with Crippen LogP contribution in [0.15, 0.2) is 30.6 Å². The Kier molecular flexibility index (Phi) is 7.34. The maximum Gasteiger partial charge on any atom is 0.229 e. The number of aromatic nitrogens is 6. The maximum absolute atomic E-state index is 13.2. The van der Waals surface area contributed by atoms with Gasteiger partial charge in [0.05, 0.1) is 29.8 Å². The van der Waals surface area contributed by atoms with Crippen molar-refractivity contribution < 1.29 is 4.79 Å². The monoisotopic (exact) mass is 529 g/mol. The average Bonchev–Trinajstić information content (AvgIpc) is 3.61. The first kappa shape index (κ1) is 25.6. The molecule has 6 rings (SSSR count). The lowest BCUT2D eigenvalue weighted by molar-refractivity contribution is -0.135. The summed E-state index contributed by atoms with van der Waals surface area (Å²) in [5, 5.41) is 3.51. The number of H-pyrrole nitrogens is 1. The second kappa shape index (κ2) is 11.2. The molecule has 10 heteroatoms. The zero-order chi connectivity index (χ0) is 26.8. The summed E-state index contributed by atoms with van der Waals surface area (Å²) < 4.78 is 2.26. The molecule has 1 amide bonds. The van der Waals surface area contributed by atoms with Crippen molar-refractivity contribution >= 4 is 39.9 Å². The number of piperidine rings is 1. The highest BCUT2D eigenvalue weighted by Gasteiger charge is 2.30. The van der Waals surface area contributed by atoms with Crippen molar-refractivity contribution in [2.75, 3.05) is 36.4 Å². The lowest BCUT2D eigenvalue weighted by atomic mass is 9.95. The molecule has 10 nitrogen and oxygen atoms in total. The van der Waals surface area contributed by atoms with Crippen molar-refractivity contribution in [1.82, 2.24) is 34.4 Å². The first-order valence-corrected chi connectivity index (χ1v) is 14.6. The van der Waals surface area contributed by atoms with Crippen molar-refractivity contribution in [2.45, 2.75) is 71.4 Å². The Hall–Kier alpha value is -3.69. The number of rotatable bonds is 8. The van der Waals surface area contributed by atoms with Crippen molar-refractivity contribution in [1.29, 1.82) is 0 Å². The summed E-state index contributed by atoms with van der Waals surface area (Å²) >= 11 is 0. The smallest absolute Gasteiger partial charge is 0.229 e. The Balaban J connectivity index is 1.32. The van der Waals surface area contributed by atoms with E-state index >= 15 is 0 Å². The zero-order valence-electron chi connectivity index (χ0n) is 23.1. The van der Waals surface area contributed by atoms with Crippen LogP contribution in [0.4, 0.5) is 11.8 Å². The van der Waals surface area contributed by atoms with Gasteiger partial charge < -0.3 is 24.7 Å². The molecular weight excluding hydrogens is 490 g/mol. The van der Waals surface area contributed by atoms with Crippen LogP contribution in [0.1, 0.15) is 70.7 Å². The van der Waals surface area contributed by atoms with Gasteiger partial charge in [0.1, 0.15) is 5.82 Å². The zero-order valence-corrected chi connectivity index (χ0v) is 23.1. The van der Waals surface area contributed by atoms with Crippen molar-refractivity contribution in [3.63, 3.8) is 0 Å². The maximum atomic E-state index is 13.2. The Morgan fingerprint density at radius 2 is 1.87 bits per heavy atom. The molecule has 2 aliphatic rings.